The number of benzene rings is 1. The van der Waals surface area contributed by atoms with Crippen LogP contribution in [0.25, 0.3) is 11.1 Å². The minimum atomic E-state index is -0.756. The van der Waals surface area contributed by atoms with Gasteiger partial charge < -0.3 is 10.6 Å². The van der Waals surface area contributed by atoms with Gasteiger partial charge in [0.2, 0.25) is 5.91 Å². The van der Waals surface area contributed by atoms with Crippen molar-refractivity contribution in [1.29, 1.82) is 5.26 Å². The molecule has 1 amide bonds. The molecule has 6 nitrogen and oxygen atoms in total. The van der Waals surface area contributed by atoms with E-state index in [1.54, 1.807) is 16.9 Å². The molecule has 2 fully saturated rings. The third-order valence-corrected chi connectivity index (χ3v) is 6.14. The van der Waals surface area contributed by atoms with E-state index in [4.69, 9.17) is 0 Å². The molecule has 4 unspecified atom stereocenters. The molecule has 4 atom stereocenters. The Balaban J connectivity index is 1.44. The highest BCUT2D eigenvalue weighted by atomic mass is 19.1. The predicted molar refractivity (Wildman–Crippen MR) is 103 cm³/mol. The smallest absolute Gasteiger partial charge is 0.238 e. The van der Waals surface area contributed by atoms with Crippen molar-refractivity contribution in [2.45, 2.75) is 50.7 Å². The Hall–Kier alpha value is -2.72. The van der Waals surface area contributed by atoms with Gasteiger partial charge in [0.1, 0.15) is 11.9 Å². The van der Waals surface area contributed by atoms with Gasteiger partial charge in [0.15, 0.2) is 0 Å². The van der Waals surface area contributed by atoms with E-state index in [2.05, 4.69) is 21.8 Å². The zero-order valence-corrected chi connectivity index (χ0v) is 16.1. The summed E-state index contributed by atoms with van der Waals surface area (Å²) in [5, 5.41) is 19.8. The Morgan fingerprint density at radius 3 is 2.89 bits per heavy atom. The fourth-order valence-corrected chi connectivity index (χ4v) is 4.42. The second-order valence-corrected chi connectivity index (χ2v) is 7.88. The fourth-order valence-electron chi connectivity index (χ4n) is 4.42. The summed E-state index contributed by atoms with van der Waals surface area (Å²) in [5.41, 5.74) is 2.99. The van der Waals surface area contributed by atoms with Crippen LogP contribution in [0.2, 0.25) is 0 Å². The summed E-state index contributed by atoms with van der Waals surface area (Å²) in [4.78, 5) is 12.5. The summed E-state index contributed by atoms with van der Waals surface area (Å²) in [6.07, 6.45) is 5.05. The summed E-state index contributed by atoms with van der Waals surface area (Å²) >= 11 is 0. The maximum absolute atomic E-state index is 14.7. The minimum Gasteiger partial charge on any atom is -0.339 e. The largest absolute Gasteiger partial charge is 0.339 e. The first-order chi connectivity index (χ1) is 13.5. The normalized spacial score (nSPS) is 24.1. The highest BCUT2D eigenvalue weighted by molar-refractivity contribution is 5.83. The number of halogens is 1. The van der Waals surface area contributed by atoms with Crippen LogP contribution in [-0.2, 0) is 18.3 Å². The van der Waals surface area contributed by atoms with E-state index >= 15 is 0 Å². The van der Waals surface area contributed by atoms with Crippen molar-refractivity contribution in [1.82, 2.24) is 20.4 Å². The quantitative estimate of drug-likeness (QED) is 0.832. The number of aromatic nitrogens is 2. The van der Waals surface area contributed by atoms with E-state index in [0.717, 1.165) is 36.1 Å². The molecule has 2 N–H and O–H groups in total. The lowest BCUT2D eigenvalue weighted by Gasteiger charge is -2.23. The van der Waals surface area contributed by atoms with Gasteiger partial charge in [-0.2, -0.15) is 10.4 Å². The van der Waals surface area contributed by atoms with Crippen molar-refractivity contribution in [3.8, 4) is 17.2 Å². The highest BCUT2D eigenvalue weighted by Crippen LogP contribution is 2.35. The number of nitrogens with one attached hydrogen (secondary N) is 2. The average Bonchev–Trinajstić information content (AvgIpc) is 3.40. The first kappa shape index (κ1) is 18.6. The molecule has 146 valence electrons. The number of amides is 1. The summed E-state index contributed by atoms with van der Waals surface area (Å²) in [6, 6.07) is 6.51. The molecule has 0 spiro atoms. The lowest BCUT2D eigenvalue weighted by Crippen LogP contribution is -2.50. The number of aryl methyl sites for hydroxylation is 1. The molecule has 28 heavy (non-hydrogen) atoms. The molecule has 2 aliphatic rings. The molecule has 2 heterocycles. The number of nitrogens with zero attached hydrogens (tertiary/aromatic N) is 3. The van der Waals surface area contributed by atoms with Gasteiger partial charge in [-0.15, -0.1) is 0 Å². The molecule has 1 aliphatic heterocycles. The van der Waals surface area contributed by atoms with Crippen molar-refractivity contribution in [3.05, 3.63) is 41.5 Å². The van der Waals surface area contributed by atoms with Crippen molar-refractivity contribution in [2.75, 3.05) is 0 Å². The molecule has 4 rings (SSSR count). The molecule has 2 aromatic rings. The molecular formula is C21H24FN5O. The van der Waals surface area contributed by atoms with E-state index in [-0.39, 0.29) is 24.2 Å². The van der Waals surface area contributed by atoms with E-state index in [0.29, 0.717) is 17.5 Å². The van der Waals surface area contributed by atoms with E-state index in [9.17, 15) is 14.4 Å². The maximum Gasteiger partial charge on any atom is 0.238 e. The van der Waals surface area contributed by atoms with E-state index in [1.165, 1.54) is 6.07 Å². The van der Waals surface area contributed by atoms with E-state index < -0.39 is 6.04 Å². The molecule has 1 saturated carbocycles. The number of rotatable bonds is 5. The number of piperidine rings is 1. The van der Waals surface area contributed by atoms with Crippen LogP contribution < -0.4 is 10.6 Å². The van der Waals surface area contributed by atoms with Gasteiger partial charge in [0.05, 0.1) is 18.3 Å². The first-order valence-electron chi connectivity index (χ1n) is 9.69. The Bertz CT molecular complexity index is 947. The van der Waals surface area contributed by atoms with Gasteiger partial charge in [-0.1, -0.05) is 12.1 Å². The minimum absolute atomic E-state index is 0.140. The molecule has 1 aliphatic carbocycles. The number of carbonyl (C=O) groups excluding carboxylic acids is 1. The molecular weight excluding hydrogens is 357 g/mol. The van der Waals surface area contributed by atoms with Gasteiger partial charge in [-0.05, 0) is 49.3 Å². The fraction of sp³-hybridized carbons (Fsp3) is 0.476. The number of fused-ring (bicyclic) bond motifs is 2. The standard InChI is InChI=1S/C21H24FN5O/c1-12-18(11-24-27(12)2)13-3-4-14(19(22)9-13)7-17(10-23)26-21(28)20-15-5-6-16(8-15)25-20/h3-4,9,11,15-17,20,25H,5-8H2,1-2H3,(H,26,28). The van der Waals surface area contributed by atoms with Crippen molar-refractivity contribution in [2.24, 2.45) is 13.0 Å². The zero-order chi connectivity index (χ0) is 19.8. The van der Waals surface area contributed by atoms with Crippen LogP contribution in [0, 0.1) is 30.0 Å². The van der Waals surface area contributed by atoms with Crippen LogP contribution >= 0.6 is 0 Å². The van der Waals surface area contributed by atoms with Crippen LogP contribution in [0.15, 0.2) is 24.4 Å². The number of hydrogen-bond donors (Lipinski definition) is 2. The predicted octanol–water partition coefficient (Wildman–Crippen LogP) is 2.23. The van der Waals surface area contributed by atoms with Crippen LogP contribution in [0.4, 0.5) is 4.39 Å². The molecule has 1 aromatic carbocycles. The van der Waals surface area contributed by atoms with Gasteiger partial charge in [-0.3, -0.25) is 9.48 Å². The van der Waals surface area contributed by atoms with Crippen molar-refractivity contribution < 1.29 is 9.18 Å². The lowest BCUT2D eigenvalue weighted by molar-refractivity contribution is -0.124. The zero-order valence-electron chi connectivity index (χ0n) is 16.1. The van der Waals surface area contributed by atoms with Gasteiger partial charge in [-0.25, -0.2) is 4.39 Å². The Kier molecular flexibility index (Phi) is 4.90. The number of carbonyl (C=O) groups is 1. The Labute approximate surface area is 163 Å². The third-order valence-electron chi connectivity index (χ3n) is 6.14. The number of hydrogen-bond acceptors (Lipinski definition) is 4. The Morgan fingerprint density at radius 2 is 2.32 bits per heavy atom. The molecule has 1 saturated heterocycles. The van der Waals surface area contributed by atoms with Gasteiger partial charge >= 0.3 is 0 Å². The SMILES string of the molecule is Cc1c(-c2ccc(CC(C#N)NC(=O)C3NC4CCC3C4)c(F)c2)cnn1C. The topological polar surface area (TPSA) is 82.7 Å². The average molecular weight is 381 g/mol. The monoisotopic (exact) mass is 381 g/mol. The van der Waals surface area contributed by atoms with Crippen molar-refractivity contribution >= 4 is 5.91 Å². The summed E-state index contributed by atoms with van der Waals surface area (Å²) in [6.45, 7) is 1.93. The first-order valence-corrected chi connectivity index (χ1v) is 9.69. The van der Waals surface area contributed by atoms with Crippen molar-refractivity contribution in [3.63, 3.8) is 0 Å². The molecule has 0 radical (unpaired) electrons. The second-order valence-electron chi connectivity index (χ2n) is 7.88. The maximum atomic E-state index is 14.7. The van der Waals surface area contributed by atoms with E-state index in [1.807, 2.05) is 20.0 Å². The summed E-state index contributed by atoms with van der Waals surface area (Å²) in [5.74, 6) is -0.182. The lowest BCUT2D eigenvalue weighted by atomic mass is 9.98. The van der Waals surface area contributed by atoms with Gasteiger partial charge in [0.25, 0.3) is 0 Å². The van der Waals surface area contributed by atoms with Crippen LogP contribution in [0.5, 0.6) is 0 Å². The van der Waals surface area contributed by atoms with Crippen LogP contribution in [-0.4, -0.2) is 33.8 Å². The van der Waals surface area contributed by atoms with Crippen LogP contribution in [0.3, 0.4) is 0 Å². The highest BCUT2D eigenvalue weighted by Gasteiger charge is 2.43. The third kappa shape index (κ3) is 3.40. The molecule has 2 bridgehead atoms. The summed E-state index contributed by atoms with van der Waals surface area (Å²) < 4.78 is 16.4. The second kappa shape index (κ2) is 7.36. The molecule has 1 aromatic heterocycles. The summed E-state index contributed by atoms with van der Waals surface area (Å²) in [7, 11) is 1.84. The number of nitriles is 1. The van der Waals surface area contributed by atoms with Gasteiger partial charge in [0, 0.05) is 30.8 Å². The van der Waals surface area contributed by atoms with Crippen LogP contribution in [0.1, 0.15) is 30.5 Å². The molecule has 7 heteroatoms. The Morgan fingerprint density at radius 1 is 1.50 bits per heavy atom.